The summed E-state index contributed by atoms with van der Waals surface area (Å²) >= 11 is 0. The molecule has 0 aliphatic carbocycles. The normalized spacial score (nSPS) is 11.8. The third kappa shape index (κ3) is 5.62. The molecule has 0 unspecified atom stereocenters. The van der Waals surface area contributed by atoms with E-state index in [1.165, 1.54) is 16.3 Å². The number of aromatic nitrogens is 4. The lowest BCUT2D eigenvalue weighted by Gasteiger charge is -2.13. The van der Waals surface area contributed by atoms with Gasteiger partial charge in [0, 0.05) is 49.1 Å². The van der Waals surface area contributed by atoms with Crippen LogP contribution in [0.2, 0.25) is 0 Å². The first-order valence-electron chi connectivity index (χ1n) is 21.1. The highest BCUT2D eigenvalue weighted by Gasteiger charge is 2.24. The number of nitrogens with zero attached hydrogens (tertiary/aromatic N) is 4. The standard InChI is InChI=1S/C57H34N4O2/c1-3-16-35(17-4-1)37-20-13-21-38(32-37)40-25-14-31-51-52(40)45-33-39(61-47-27-10-7-22-41(47)42-23-8-11-28-48(42)61)34-46(54(45)63-51)57-59-55(36-18-5-2-6-19-36)58-56(60-57)44-26-15-30-50-53(44)43-24-9-12-29-49(43)62-50/h1-34H. The molecule has 4 aromatic heterocycles. The predicted molar refractivity (Wildman–Crippen MR) is 256 cm³/mol. The molecule has 294 valence electrons. The average Bonchev–Trinajstić information content (AvgIpc) is 4.04. The van der Waals surface area contributed by atoms with Crippen LogP contribution in [-0.4, -0.2) is 19.5 Å². The van der Waals surface area contributed by atoms with Gasteiger partial charge < -0.3 is 13.4 Å². The number of hydrogen-bond donors (Lipinski definition) is 0. The molecule has 13 aromatic rings. The van der Waals surface area contributed by atoms with Crippen molar-refractivity contribution in [2.45, 2.75) is 0 Å². The van der Waals surface area contributed by atoms with Crippen LogP contribution >= 0.6 is 0 Å². The van der Waals surface area contributed by atoms with E-state index in [1.54, 1.807) is 0 Å². The molecule has 63 heavy (non-hydrogen) atoms. The summed E-state index contributed by atoms with van der Waals surface area (Å²) in [7, 11) is 0. The topological polar surface area (TPSA) is 69.9 Å². The first-order valence-corrected chi connectivity index (χ1v) is 21.1. The molecule has 9 aromatic carbocycles. The van der Waals surface area contributed by atoms with Gasteiger partial charge >= 0.3 is 0 Å². The summed E-state index contributed by atoms with van der Waals surface area (Å²) < 4.78 is 15.7. The van der Waals surface area contributed by atoms with Crippen molar-refractivity contribution in [3.63, 3.8) is 0 Å². The van der Waals surface area contributed by atoms with Crippen molar-refractivity contribution >= 4 is 65.7 Å². The SMILES string of the molecule is c1ccc(-c2cccc(-c3cccc4oc5c(-c6nc(-c7ccccc7)nc(-c7cccc8oc9ccccc9c78)n6)cc(-n6c7ccccc7c7ccccc76)cc5c34)c2)cc1. The number of hydrogen-bond acceptors (Lipinski definition) is 5. The van der Waals surface area contributed by atoms with Gasteiger partial charge in [-0.2, -0.15) is 0 Å². The summed E-state index contributed by atoms with van der Waals surface area (Å²) in [5, 5.41) is 6.31. The maximum atomic E-state index is 7.04. The van der Waals surface area contributed by atoms with Gasteiger partial charge in [0.1, 0.15) is 22.3 Å². The molecule has 0 aliphatic heterocycles. The minimum Gasteiger partial charge on any atom is -0.456 e. The Labute approximate surface area is 361 Å². The van der Waals surface area contributed by atoms with E-state index in [0.29, 0.717) is 23.1 Å². The Kier molecular flexibility index (Phi) is 7.80. The number of fused-ring (bicyclic) bond motifs is 9. The fraction of sp³-hybridized carbons (Fsp3) is 0. The van der Waals surface area contributed by atoms with Crippen LogP contribution in [0.3, 0.4) is 0 Å². The van der Waals surface area contributed by atoms with E-state index >= 15 is 0 Å². The second-order valence-electron chi connectivity index (χ2n) is 15.9. The fourth-order valence-corrected chi connectivity index (χ4v) is 9.44. The molecular formula is C57H34N4O2. The summed E-state index contributed by atoms with van der Waals surface area (Å²) in [5.74, 6) is 1.61. The molecule has 0 spiro atoms. The number of benzene rings is 9. The zero-order valence-electron chi connectivity index (χ0n) is 33.7. The highest BCUT2D eigenvalue weighted by Crippen LogP contribution is 2.44. The van der Waals surface area contributed by atoms with Crippen molar-refractivity contribution < 1.29 is 8.83 Å². The van der Waals surface area contributed by atoms with Crippen molar-refractivity contribution in [2.24, 2.45) is 0 Å². The van der Waals surface area contributed by atoms with E-state index in [0.717, 1.165) is 88.4 Å². The molecule has 0 N–H and O–H groups in total. The van der Waals surface area contributed by atoms with Crippen molar-refractivity contribution in [1.82, 2.24) is 19.5 Å². The van der Waals surface area contributed by atoms with Crippen LogP contribution in [0.1, 0.15) is 0 Å². The van der Waals surface area contributed by atoms with Gasteiger partial charge in [0.2, 0.25) is 0 Å². The highest BCUT2D eigenvalue weighted by atomic mass is 16.3. The molecule has 0 saturated heterocycles. The van der Waals surface area contributed by atoms with Gasteiger partial charge in [-0.3, -0.25) is 0 Å². The molecule has 6 nitrogen and oxygen atoms in total. The van der Waals surface area contributed by atoms with E-state index in [1.807, 2.05) is 60.7 Å². The Morgan fingerprint density at radius 2 is 0.841 bits per heavy atom. The van der Waals surface area contributed by atoms with Crippen LogP contribution in [0, 0.1) is 0 Å². The van der Waals surface area contributed by atoms with Gasteiger partial charge in [-0.1, -0.05) is 158 Å². The molecular weight excluding hydrogens is 773 g/mol. The van der Waals surface area contributed by atoms with E-state index in [2.05, 4.69) is 150 Å². The van der Waals surface area contributed by atoms with Crippen LogP contribution in [-0.2, 0) is 0 Å². The third-order valence-electron chi connectivity index (χ3n) is 12.3. The average molecular weight is 807 g/mol. The number of para-hydroxylation sites is 3. The number of furan rings is 2. The van der Waals surface area contributed by atoms with Crippen LogP contribution in [0.15, 0.2) is 215 Å². The van der Waals surface area contributed by atoms with Crippen molar-refractivity contribution in [3.05, 3.63) is 206 Å². The Bertz CT molecular complexity index is 3870. The molecule has 0 aliphatic rings. The van der Waals surface area contributed by atoms with E-state index < -0.39 is 0 Å². The van der Waals surface area contributed by atoms with Crippen LogP contribution in [0.25, 0.3) is 128 Å². The summed E-state index contributed by atoms with van der Waals surface area (Å²) in [5.41, 5.74) is 13.2. The maximum absolute atomic E-state index is 7.04. The Hall–Kier alpha value is -8.61. The maximum Gasteiger partial charge on any atom is 0.167 e. The lowest BCUT2D eigenvalue weighted by molar-refractivity contribution is 0.668. The molecule has 0 amide bonds. The van der Waals surface area contributed by atoms with Crippen LogP contribution in [0.5, 0.6) is 0 Å². The first-order chi connectivity index (χ1) is 31.2. The van der Waals surface area contributed by atoms with E-state index in [9.17, 15) is 0 Å². The molecule has 0 saturated carbocycles. The van der Waals surface area contributed by atoms with Crippen molar-refractivity contribution in [1.29, 1.82) is 0 Å². The van der Waals surface area contributed by atoms with Gasteiger partial charge in [-0.05, 0) is 70.8 Å². The van der Waals surface area contributed by atoms with E-state index in [-0.39, 0.29) is 0 Å². The monoisotopic (exact) mass is 806 g/mol. The van der Waals surface area contributed by atoms with Crippen molar-refractivity contribution in [3.8, 4) is 62.1 Å². The Morgan fingerprint density at radius 1 is 0.317 bits per heavy atom. The second kappa shape index (κ2) is 14.0. The summed E-state index contributed by atoms with van der Waals surface area (Å²) in [4.78, 5) is 15.9. The lowest BCUT2D eigenvalue weighted by atomic mass is 9.95. The minimum atomic E-state index is 0.503. The van der Waals surface area contributed by atoms with Gasteiger partial charge in [0.25, 0.3) is 0 Å². The van der Waals surface area contributed by atoms with Crippen LogP contribution in [0.4, 0.5) is 0 Å². The summed E-state index contributed by atoms with van der Waals surface area (Å²) in [6, 6.07) is 71.5. The zero-order valence-corrected chi connectivity index (χ0v) is 33.7. The van der Waals surface area contributed by atoms with Gasteiger partial charge in [0.15, 0.2) is 17.5 Å². The molecule has 13 rings (SSSR count). The lowest BCUT2D eigenvalue weighted by Crippen LogP contribution is -2.02. The molecule has 0 atom stereocenters. The molecule has 4 heterocycles. The summed E-state index contributed by atoms with van der Waals surface area (Å²) in [6.45, 7) is 0. The van der Waals surface area contributed by atoms with Crippen LogP contribution < -0.4 is 0 Å². The largest absolute Gasteiger partial charge is 0.456 e. The quantitative estimate of drug-likeness (QED) is 0.167. The first kappa shape index (κ1) is 35.2. The highest BCUT2D eigenvalue weighted by molar-refractivity contribution is 6.17. The second-order valence-corrected chi connectivity index (χ2v) is 15.9. The molecule has 0 fully saturated rings. The fourth-order valence-electron chi connectivity index (χ4n) is 9.44. The molecule has 0 bridgehead atoms. The van der Waals surface area contributed by atoms with E-state index in [4.69, 9.17) is 23.8 Å². The smallest absolute Gasteiger partial charge is 0.167 e. The predicted octanol–water partition coefficient (Wildman–Crippen LogP) is 15.1. The van der Waals surface area contributed by atoms with Gasteiger partial charge in [0.05, 0.1) is 16.6 Å². The molecule has 6 heteroatoms. The third-order valence-corrected chi connectivity index (χ3v) is 12.3. The van der Waals surface area contributed by atoms with Crippen molar-refractivity contribution in [2.75, 3.05) is 0 Å². The molecule has 0 radical (unpaired) electrons. The minimum absolute atomic E-state index is 0.503. The Balaban J connectivity index is 1.14. The number of rotatable bonds is 6. The Morgan fingerprint density at radius 3 is 1.59 bits per heavy atom. The van der Waals surface area contributed by atoms with Gasteiger partial charge in [-0.25, -0.2) is 15.0 Å². The van der Waals surface area contributed by atoms with Gasteiger partial charge in [-0.15, -0.1) is 0 Å². The summed E-state index contributed by atoms with van der Waals surface area (Å²) in [6.07, 6.45) is 0. The zero-order chi connectivity index (χ0) is 41.4.